The largest absolute Gasteiger partial charge is 0.394 e. The van der Waals surface area contributed by atoms with E-state index in [0.717, 1.165) is 0 Å². The Morgan fingerprint density at radius 3 is 2.14 bits per heavy atom. The minimum absolute atomic E-state index is 0.456. The van der Waals surface area contributed by atoms with E-state index in [1.54, 1.807) is 6.92 Å². The Morgan fingerprint density at radius 1 is 1.29 bits per heavy atom. The smallest absolute Gasteiger partial charge is 0.193 e. The zero-order valence-corrected chi connectivity index (χ0v) is 8.76. The Kier molecular flexibility index (Phi) is 6.30. The molecule has 1 unspecified atom stereocenters. The molecule has 0 heterocycles. The molecule has 84 valence electrons. The van der Waals surface area contributed by atoms with Gasteiger partial charge in [-0.25, -0.2) is 0 Å². The molecule has 0 bridgehead atoms. The number of ketones is 1. The van der Waals surface area contributed by atoms with Gasteiger partial charge >= 0.3 is 0 Å². The molecule has 0 amide bonds. The van der Waals surface area contributed by atoms with E-state index in [9.17, 15) is 9.90 Å². The van der Waals surface area contributed by atoms with Gasteiger partial charge in [0.05, 0.1) is 6.61 Å². The van der Waals surface area contributed by atoms with Gasteiger partial charge in [0.15, 0.2) is 5.78 Å². The molecule has 4 N–H and O–H groups in total. The first-order valence-corrected chi connectivity index (χ1v) is 4.84. The second-order valence-electron chi connectivity index (χ2n) is 3.02. The lowest BCUT2D eigenvalue weighted by Crippen LogP contribution is -2.45. The molecule has 4 atom stereocenters. The van der Waals surface area contributed by atoms with Crippen LogP contribution in [-0.2, 0) is 4.79 Å². The molecular formula is C8H16O5S. The number of hydrogen-bond acceptors (Lipinski definition) is 6. The van der Waals surface area contributed by atoms with Gasteiger partial charge in [-0.2, -0.15) is 12.6 Å². The predicted molar refractivity (Wildman–Crippen MR) is 53.2 cm³/mol. The summed E-state index contributed by atoms with van der Waals surface area (Å²) in [4.78, 5) is 11.2. The Balaban J connectivity index is 4.31. The summed E-state index contributed by atoms with van der Waals surface area (Å²) >= 11 is 3.93. The van der Waals surface area contributed by atoms with Gasteiger partial charge in [-0.1, -0.05) is 6.92 Å². The molecule has 5 nitrogen and oxygen atoms in total. The van der Waals surface area contributed by atoms with Gasteiger partial charge in [-0.05, 0) is 6.42 Å². The first-order chi connectivity index (χ1) is 6.45. The summed E-state index contributed by atoms with van der Waals surface area (Å²) < 4.78 is 0. The number of carbonyl (C=O) groups is 1. The maximum Gasteiger partial charge on any atom is 0.193 e. The van der Waals surface area contributed by atoms with Crippen molar-refractivity contribution >= 4 is 18.4 Å². The van der Waals surface area contributed by atoms with E-state index in [0.29, 0.717) is 6.42 Å². The van der Waals surface area contributed by atoms with Gasteiger partial charge in [0.25, 0.3) is 0 Å². The van der Waals surface area contributed by atoms with Crippen LogP contribution in [0, 0.1) is 0 Å². The number of carbonyl (C=O) groups excluding carboxylic acids is 1. The number of aliphatic hydroxyl groups is 4. The molecule has 0 rings (SSSR count). The van der Waals surface area contributed by atoms with E-state index < -0.39 is 36.0 Å². The second-order valence-corrected chi connectivity index (χ2v) is 3.68. The highest BCUT2D eigenvalue weighted by molar-refractivity contribution is 7.81. The van der Waals surface area contributed by atoms with Crippen molar-refractivity contribution in [1.82, 2.24) is 0 Å². The van der Waals surface area contributed by atoms with E-state index in [1.807, 2.05) is 0 Å². The molecule has 0 saturated carbocycles. The van der Waals surface area contributed by atoms with Crippen LogP contribution in [-0.4, -0.2) is 56.4 Å². The zero-order valence-electron chi connectivity index (χ0n) is 7.87. The topological polar surface area (TPSA) is 98.0 Å². The van der Waals surface area contributed by atoms with Crippen LogP contribution in [0.15, 0.2) is 0 Å². The van der Waals surface area contributed by atoms with Gasteiger partial charge in [0.1, 0.15) is 18.3 Å². The van der Waals surface area contributed by atoms with Gasteiger partial charge in [0, 0.05) is 5.25 Å². The van der Waals surface area contributed by atoms with Gasteiger partial charge in [-0.15, -0.1) is 0 Å². The SMILES string of the molecule is CCC(S)[C@@H](O)C(=O)[C@H](O)[C@H](O)CO. The minimum atomic E-state index is -1.77. The molecule has 0 spiro atoms. The molecule has 0 aromatic carbocycles. The number of rotatable bonds is 6. The highest BCUT2D eigenvalue weighted by Gasteiger charge is 2.31. The molecule has 0 radical (unpaired) electrons. The Morgan fingerprint density at radius 2 is 1.79 bits per heavy atom. The van der Waals surface area contributed by atoms with Crippen molar-refractivity contribution < 1.29 is 25.2 Å². The average Bonchev–Trinajstić information content (AvgIpc) is 2.23. The molecular weight excluding hydrogens is 208 g/mol. The van der Waals surface area contributed by atoms with Crippen molar-refractivity contribution in [3.63, 3.8) is 0 Å². The fourth-order valence-corrected chi connectivity index (χ4v) is 1.02. The van der Waals surface area contributed by atoms with Crippen LogP contribution in [0.3, 0.4) is 0 Å². The number of Topliss-reactive ketones (excluding diaryl/α,β-unsaturated/α-hetero) is 1. The van der Waals surface area contributed by atoms with Crippen LogP contribution in [0.4, 0.5) is 0 Å². The lowest BCUT2D eigenvalue weighted by molar-refractivity contribution is -0.143. The molecule has 14 heavy (non-hydrogen) atoms. The van der Waals surface area contributed by atoms with Crippen LogP contribution in [0.25, 0.3) is 0 Å². The quantitative estimate of drug-likeness (QED) is 0.348. The van der Waals surface area contributed by atoms with Crippen molar-refractivity contribution in [2.45, 2.75) is 36.9 Å². The lowest BCUT2D eigenvalue weighted by atomic mass is 10.0. The van der Waals surface area contributed by atoms with Crippen LogP contribution in [0.1, 0.15) is 13.3 Å². The molecule has 0 aliphatic heterocycles. The summed E-state index contributed by atoms with van der Waals surface area (Å²) in [6.45, 7) is 0.992. The summed E-state index contributed by atoms with van der Waals surface area (Å²) in [5.74, 6) is -0.923. The zero-order chi connectivity index (χ0) is 11.3. The van der Waals surface area contributed by atoms with Gasteiger partial charge in [-0.3, -0.25) is 4.79 Å². The molecule has 6 heteroatoms. The van der Waals surface area contributed by atoms with E-state index >= 15 is 0 Å². The van der Waals surface area contributed by atoms with Gasteiger partial charge < -0.3 is 20.4 Å². The number of thiol groups is 1. The summed E-state index contributed by atoms with van der Waals surface area (Å²) in [6.07, 6.45) is -4.30. The van der Waals surface area contributed by atoms with Crippen LogP contribution >= 0.6 is 12.6 Å². The van der Waals surface area contributed by atoms with Crippen molar-refractivity contribution in [3.05, 3.63) is 0 Å². The van der Waals surface area contributed by atoms with Crippen molar-refractivity contribution in [3.8, 4) is 0 Å². The molecule has 0 aliphatic rings. The molecule has 0 aromatic heterocycles. The fraction of sp³-hybridized carbons (Fsp3) is 0.875. The van der Waals surface area contributed by atoms with Crippen LogP contribution in [0.2, 0.25) is 0 Å². The Hall–Kier alpha value is -0.140. The average molecular weight is 224 g/mol. The third kappa shape index (κ3) is 3.55. The standard InChI is InChI=1S/C8H16O5S/c1-2-5(14)7(12)8(13)6(11)4(10)3-9/h4-7,9-12,14H,2-3H2,1H3/t4-,5?,6-,7-/m1/s1. The van der Waals surface area contributed by atoms with E-state index in [4.69, 9.17) is 15.3 Å². The number of aliphatic hydroxyl groups excluding tert-OH is 4. The first kappa shape index (κ1) is 13.9. The Bertz CT molecular complexity index is 169. The third-order valence-corrected chi connectivity index (χ3v) is 2.56. The fourth-order valence-electron chi connectivity index (χ4n) is 0.877. The molecule has 0 aromatic rings. The highest BCUT2D eigenvalue weighted by atomic mass is 32.1. The maximum absolute atomic E-state index is 11.2. The minimum Gasteiger partial charge on any atom is -0.394 e. The second kappa shape index (κ2) is 6.36. The molecule has 0 fully saturated rings. The van der Waals surface area contributed by atoms with Crippen molar-refractivity contribution in [2.75, 3.05) is 6.61 Å². The predicted octanol–water partition coefficient (Wildman–Crippen LogP) is -1.66. The lowest BCUT2D eigenvalue weighted by Gasteiger charge is -2.20. The monoisotopic (exact) mass is 224 g/mol. The summed E-state index contributed by atoms with van der Waals surface area (Å²) in [7, 11) is 0. The van der Waals surface area contributed by atoms with Crippen LogP contribution < -0.4 is 0 Å². The summed E-state index contributed by atoms with van der Waals surface area (Å²) in [6, 6.07) is 0. The van der Waals surface area contributed by atoms with Crippen molar-refractivity contribution in [1.29, 1.82) is 0 Å². The Labute approximate surface area is 87.8 Å². The molecule has 0 aliphatic carbocycles. The van der Waals surface area contributed by atoms with E-state index in [2.05, 4.69) is 12.6 Å². The maximum atomic E-state index is 11.2. The van der Waals surface area contributed by atoms with E-state index in [1.165, 1.54) is 0 Å². The van der Waals surface area contributed by atoms with Crippen LogP contribution in [0.5, 0.6) is 0 Å². The normalized spacial score (nSPS) is 19.9. The van der Waals surface area contributed by atoms with E-state index in [-0.39, 0.29) is 0 Å². The number of hydrogen-bond donors (Lipinski definition) is 5. The highest BCUT2D eigenvalue weighted by Crippen LogP contribution is 2.10. The van der Waals surface area contributed by atoms with Gasteiger partial charge in [0.2, 0.25) is 0 Å². The summed E-state index contributed by atoms with van der Waals surface area (Å²) in [5, 5.41) is 35.3. The molecule has 0 saturated heterocycles. The third-order valence-electron chi connectivity index (χ3n) is 1.92. The summed E-state index contributed by atoms with van der Waals surface area (Å²) in [5.41, 5.74) is 0. The van der Waals surface area contributed by atoms with Crippen molar-refractivity contribution in [2.24, 2.45) is 0 Å². The first-order valence-electron chi connectivity index (χ1n) is 4.32.